The Morgan fingerprint density at radius 3 is 0.674 bits per heavy atom. The van der Waals surface area contributed by atoms with Gasteiger partial charge in [0.05, 0.1) is 0 Å². The molecule has 0 unspecified atom stereocenters. The summed E-state index contributed by atoms with van der Waals surface area (Å²) in [6, 6.07) is 17.4. The van der Waals surface area contributed by atoms with Gasteiger partial charge in [0.2, 0.25) is 0 Å². The summed E-state index contributed by atoms with van der Waals surface area (Å²) >= 11 is 0. The molecule has 0 aromatic heterocycles. The van der Waals surface area contributed by atoms with E-state index in [-0.39, 0.29) is 34.0 Å². The molecule has 0 aliphatic rings. The van der Waals surface area contributed by atoms with Crippen molar-refractivity contribution in [3.05, 3.63) is 106 Å². The van der Waals surface area contributed by atoms with Crippen LogP contribution in [0, 0.1) is 16.2 Å². The van der Waals surface area contributed by atoms with E-state index in [4.69, 9.17) is 0 Å². The molecule has 3 aromatic carbocycles. The lowest BCUT2D eigenvalue weighted by molar-refractivity contribution is 0.0536. The molecule has 0 radical (unpaired) electrons. The first-order chi connectivity index (χ1) is 19.7. The molecule has 0 saturated heterocycles. The molecule has 0 bridgehead atoms. The largest absolute Gasteiger partial charge is 0.294 e. The Morgan fingerprint density at radius 2 is 0.512 bits per heavy atom. The maximum absolute atomic E-state index is 13.8. The van der Waals surface area contributed by atoms with Crippen LogP contribution in [0.15, 0.2) is 72.8 Å². The lowest BCUT2D eigenvalue weighted by atomic mass is 9.86. The Balaban J connectivity index is 2.04. The van der Waals surface area contributed by atoms with Crippen LogP contribution in [-0.2, 0) is 0 Å². The molecule has 3 rings (SSSR count). The van der Waals surface area contributed by atoms with E-state index < -0.39 is 34.0 Å². The first-order valence-electron chi connectivity index (χ1n) is 14.1. The minimum absolute atomic E-state index is 0.0335. The number of nitrogens with zero attached hydrogens (tertiary/aromatic N) is 1. The summed E-state index contributed by atoms with van der Waals surface area (Å²) in [5.41, 5.74) is -0.618. The van der Waals surface area contributed by atoms with Crippen molar-refractivity contribution in [1.82, 2.24) is 4.90 Å². The van der Waals surface area contributed by atoms with Crippen molar-refractivity contribution < 1.29 is 28.8 Å². The Morgan fingerprint density at radius 1 is 0.349 bits per heavy atom. The average Bonchev–Trinajstić information content (AvgIpc) is 2.94. The highest BCUT2D eigenvalue weighted by molar-refractivity contribution is 6.24. The first-order valence-corrected chi connectivity index (χ1v) is 14.1. The van der Waals surface area contributed by atoms with Crippen LogP contribution in [0.25, 0.3) is 0 Å². The van der Waals surface area contributed by atoms with E-state index in [2.05, 4.69) is 0 Å². The van der Waals surface area contributed by atoms with E-state index in [1.54, 1.807) is 62.3 Å². The molecule has 7 nitrogen and oxygen atoms in total. The number of imide groups is 3. The normalized spacial score (nSPS) is 11.9. The molecule has 0 aliphatic heterocycles. The average molecular weight is 582 g/mol. The number of Topliss-reactive ketones (excluding diaryl/α,β-unsaturated/α-hetero) is 3. The maximum Gasteiger partial charge on any atom is 0.267 e. The predicted octanol–water partition coefficient (Wildman–Crippen LogP) is 7.50. The van der Waals surface area contributed by atoms with Gasteiger partial charge in [0.15, 0.2) is 17.3 Å². The molecule has 3 aromatic rings. The van der Waals surface area contributed by atoms with Crippen molar-refractivity contribution in [2.45, 2.75) is 62.3 Å². The van der Waals surface area contributed by atoms with Crippen LogP contribution in [0.5, 0.6) is 0 Å². The van der Waals surface area contributed by atoms with Gasteiger partial charge >= 0.3 is 0 Å². The zero-order valence-corrected chi connectivity index (χ0v) is 26.3. The van der Waals surface area contributed by atoms with E-state index in [0.29, 0.717) is 21.6 Å². The first kappa shape index (κ1) is 33.0. The van der Waals surface area contributed by atoms with Gasteiger partial charge in [-0.25, -0.2) is 4.90 Å². The van der Waals surface area contributed by atoms with Gasteiger partial charge in [-0.15, -0.1) is 0 Å². The van der Waals surface area contributed by atoms with E-state index in [1.165, 1.54) is 72.8 Å². The fourth-order valence-corrected chi connectivity index (χ4v) is 4.26. The van der Waals surface area contributed by atoms with Gasteiger partial charge in [0, 0.05) is 49.6 Å². The number of ketones is 3. The summed E-state index contributed by atoms with van der Waals surface area (Å²) in [6.45, 7) is 16.1. The van der Waals surface area contributed by atoms with Crippen LogP contribution in [-0.4, -0.2) is 40.0 Å². The summed E-state index contributed by atoms with van der Waals surface area (Å²) in [6.07, 6.45) is 0. The van der Waals surface area contributed by atoms with Crippen LogP contribution < -0.4 is 0 Å². The lowest BCUT2D eigenvalue weighted by Crippen LogP contribution is -2.42. The van der Waals surface area contributed by atoms with Gasteiger partial charge in [-0.3, -0.25) is 28.8 Å². The van der Waals surface area contributed by atoms with Crippen molar-refractivity contribution in [3.8, 4) is 0 Å². The second-order valence-corrected chi connectivity index (χ2v) is 13.7. The minimum Gasteiger partial charge on any atom is -0.294 e. The molecule has 3 amide bonds. The second kappa shape index (κ2) is 12.0. The number of carbonyl (C=O) groups is 6. The second-order valence-electron chi connectivity index (χ2n) is 13.7. The van der Waals surface area contributed by atoms with E-state index >= 15 is 0 Å². The summed E-state index contributed by atoms with van der Waals surface area (Å²) in [5.74, 6) is -3.00. The molecule has 0 spiro atoms. The summed E-state index contributed by atoms with van der Waals surface area (Å²) < 4.78 is 0. The Hall–Kier alpha value is -4.52. The van der Waals surface area contributed by atoms with E-state index in [9.17, 15) is 28.8 Å². The molecule has 0 atom stereocenters. The third kappa shape index (κ3) is 7.47. The molecule has 7 heteroatoms. The summed E-state index contributed by atoms with van der Waals surface area (Å²) in [4.78, 5) is 79.9. The third-order valence-corrected chi connectivity index (χ3v) is 6.83. The monoisotopic (exact) mass is 581 g/mol. The molecule has 224 valence electrons. The zero-order chi connectivity index (χ0) is 32.5. The highest BCUT2D eigenvalue weighted by Gasteiger charge is 2.33. The van der Waals surface area contributed by atoms with Crippen molar-refractivity contribution in [2.75, 3.05) is 0 Å². The van der Waals surface area contributed by atoms with Crippen molar-refractivity contribution in [2.24, 2.45) is 16.2 Å². The van der Waals surface area contributed by atoms with E-state index in [1.807, 2.05) is 0 Å². The lowest BCUT2D eigenvalue weighted by Gasteiger charge is -2.21. The molecule has 0 aliphatic carbocycles. The fourth-order valence-electron chi connectivity index (χ4n) is 4.26. The van der Waals surface area contributed by atoms with Gasteiger partial charge in [0.25, 0.3) is 17.7 Å². The number of amides is 3. The standard InChI is InChI=1S/C36H39NO6/c1-34(2,3)28(38)22-10-16-25(17-11-22)31(41)37(32(42)26-18-12-23(13-19-26)29(39)35(4,5)6)33(43)27-20-14-24(15-21-27)30(40)36(7,8)9/h10-21H,1-9H3. The molecular weight excluding hydrogens is 542 g/mol. The van der Waals surface area contributed by atoms with Gasteiger partial charge in [-0.05, 0) is 36.4 Å². The molecule has 43 heavy (non-hydrogen) atoms. The number of benzene rings is 3. The molecule has 0 heterocycles. The number of rotatable bonds is 6. The van der Waals surface area contributed by atoms with Crippen molar-refractivity contribution >= 4 is 35.1 Å². The van der Waals surface area contributed by atoms with Crippen molar-refractivity contribution in [1.29, 1.82) is 0 Å². The smallest absolute Gasteiger partial charge is 0.267 e. The molecule has 0 N–H and O–H groups in total. The fraction of sp³-hybridized carbons (Fsp3) is 0.333. The molecular formula is C36H39NO6. The Labute approximate surface area is 253 Å². The topological polar surface area (TPSA) is 106 Å². The van der Waals surface area contributed by atoms with Gasteiger partial charge < -0.3 is 0 Å². The SMILES string of the molecule is CC(C)(C)C(=O)c1ccc(C(=O)N(C(=O)c2ccc(C(=O)C(C)(C)C)cc2)C(=O)c2ccc(C(=O)C(C)(C)C)cc2)cc1. The number of hydrogen-bond donors (Lipinski definition) is 0. The van der Waals surface area contributed by atoms with Gasteiger partial charge in [-0.2, -0.15) is 0 Å². The zero-order valence-electron chi connectivity index (χ0n) is 26.3. The van der Waals surface area contributed by atoms with Crippen LogP contribution in [0.3, 0.4) is 0 Å². The highest BCUT2D eigenvalue weighted by Crippen LogP contribution is 2.25. The van der Waals surface area contributed by atoms with Crippen LogP contribution in [0.1, 0.15) is 124 Å². The number of hydrogen-bond acceptors (Lipinski definition) is 6. The van der Waals surface area contributed by atoms with Crippen molar-refractivity contribution in [3.63, 3.8) is 0 Å². The summed E-state index contributed by atoms with van der Waals surface area (Å²) in [5, 5.41) is 0. The van der Waals surface area contributed by atoms with E-state index in [0.717, 1.165) is 0 Å². The van der Waals surface area contributed by atoms with Crippen LogP contribution in [0.4, 0.5) is 0 Å². The molecule has 0 fully saturated rings. The predicted molar refractivity (Wildman–Crippen MR) is 166 cm³/mol. The summed E-state index contributed by atoms with van der Waals surface area (Å²) in [7, 11) is 0. The number of carbonyl (C=O) groups excluding carboxylic acids is 6. The van der Waals surface area contributed by atoms with Gasteiger partial charge in [-0.1, -0.05) is 98.7 Å². The highest BCUT2D eigenvalue weighted by atomic mass is 16.2. The Bertz CT molecular complexity index is 1380. The third-order valence-electron chi connectivity index (χ3n) is 6.83. The maximum atomic E-state index is 13.8. The Kier molecular flexibility index (Phi) is 9.20. The van der Waals surface area contributed by atoms with Gasteiger partial charge in [0.1, 0.15) is 0 Å². The molecule has 0 saturated carbocycles. The minimum atomic E-state index is -0.880. The quantitative estimate of drug-likeness (QED) is 0.220. The van der Waals surface area contributed by atoms with Crippen LogP contribution >= 0.6 is 0 Å². The van der Waals surface area contributed by atoms with Crippen LogP contribution in [0.2, 0.25) is 0 Å².